The maximum Gasteiger partial charge on any atom is 0.190 e. The number of imidazole rings is 1. The maximum absolute atomic E-state index is 12.3. The Morgan fingerprint density at radius 1 is 1.10 bits per heavy atom. The van der Waals surface area contributed by atoms with Crippen LogP contribution in [0, 0.1) is 20.8 Å². The minimum absolute atomic E-state index is 0.137. The lowest BCUT2D eigenvalue weighted by Gasteiger charge is -2.09. The van der Waals surface area contributed by atoms with Crippen molar-refractivity contribution in [3.63, 3.8) is 0 Å². The number of aromatic nitrogens is 2. The van der Waals surface area contributed by atoms with Crippen molar-refractivity contribution in [2.45, 2.75) is 27.2 Å². The van der Waals surface area contributed by atoms with Crippen LogP contribution >= 0.6 is 0 Å². The van der Waals surface area contributed by atoms with Crippen molar-refractivity contribution < 1.29 is 9.59 Å². The van der Waals surface area contributed by atoms with Gasteiger partial charge in [0.1, 0.15) is 5.69 Å². The average Bonchev–Trinajstić information content (AvgIpc) is 2.74. The van der Waals surface area contributed by atoms with Crippen molar-refractivity contribution in [3.8, 4) is 0 Å². The van der Waals surface area contributed by atoms with E-state index in [-0.39, 0.29) is 18.0 Å². The highest BCUT2D eigenvalue weighted by Gasteiger charge is 2.18. The molecule has 4 nitrogen and oxygen atoms in total. The summed E-state index contributed by atoms with van der Waals surface area (Å²) in [5.74, 6) is -0.384. The Labute approximate surface area is 118 Å². The molecule has 0 aliphatic carbocycles. The monoisotopic (exact) mass is 270 g/mol. The van der Waals surface area contributed by atoms with Gasteiger partial charge in [-0.1, -0.05) is 17.7 Å². The molecule has 0 amide bonds. The number of carbonyl (C=O) groups excluding carboxylic acids is 2. The van der Waals surface area contributed by atoms with Gasteiger partial charge in [0.05, 0.1) is 12.7 Å². The van der Waals surface area contributed by atoms with Gasteiger partial charge in [0.15, 0.2) is 11.6 Å². The predicted octanol–water partition coefficient (Wildman–Crippen LogP) is 2.80. The van der Waals surface area contributed by atoms with Crippen LogP contribution in [0.3, 0.4) is 0 Å². The minimum Gasteiger partial charge on any atom is -0.340 e. The van der Waals surface area contributed by atoms with Crippen molar-refractivity contribution in [2.24, 2.45) is 7.05 Å². The minimum atomic E-state index is -0.241. The van der Waals surface area contributed by atoms with Crippen LogP contribution in [0.2, 0.25) is 0 Å². The Balaban J connectivity index is 2.23. The summed E-state index contributed by atoms with van der Waals surface area (Å²) < 4.78 is 1.69. The summed E-state index contributed by atoms with van der Waals surface area (Å²) in [5, 5.41) is 0. The fourth-order valence-corrected chi connectivity index (χ4v) is 2.50. The third-order valence-corrected chi connectivity index (χ3v) is 3.27. The summed E-state index contributed by atoms with van der Waals surface area (Å²) in [5.41, 5.74) is 3.94. The lowest BCUT2D eigenvalue weighted by atomic mass is 9.94. The molecule has 0 bridgehead atoms. The van der Waals surface area contributed by atoms with Crippen molar-refractivity contribution >= 4 is 11.6 Å². The van der Waals surface area contributed by atoms with Gasteiger partial charge in [0.25, 0.3) is 0 Å². The molecule has 0 unspecified atom stereocenters. The molecule has 0 atom stereocenters. The van der Waals surface area contributed by atoms with Gasteiger partial charge in [0.2, 0.25) is 0 Å². The molecule has 0 aliphatic heterocycles. The van der Waals surface area contributed by atoms with E-state index >= 15 is 0 Å². The molecule has 0 radical (unpaired) electrons. The van der Waals surface area contributed by atoms with Crippen LogP contribution < -0.4 is 0 Å². The molecule has 2 rings (SSSR count). The Hall–Kier alpha value is -2.23. The quantitative estimate of drug-likeness (QED) is 0.634. The first-order chi connectivity index (χ1) is 9.38. The van der Waals surface area contributed by atoms with Gasteiger partial charge in [-0.3, -0.25) is 9.59 Å². The maximum atomic E-state index is 12.3. The number of aryl methyl sites for hydroxylation is 4. The Morgan fingerprint density at radius 2 is 1.70 bits per heavy atom. The van der Waals surface area contributed by atoms with E-state index in [9.17, 15) is 9.59 Å². The number of ketones is 2. The molecule has 0 saturated heterocycles. The molecular weight excluding hydrogens is 252 g/mol. The smallest absolute Gasteiger partial charge is 0.190 e. The van der Waals surface area contributed by atoms with Gasteiger partial charge in [-0.05, 0) is 31.9 Å². The topological polar surface area (TPSA) is 52.0 Å². The summed E-state index contributed by atoms with van der Waals surface area (Å²) in [7, 11) is 1.79. The largest absolute Gasteiger partial charge is 0.340 e. The van der Waals surface area contributed by atoms with Crippen LogP contribution in [-0.2, 0) is 7.05 Å². The lowest BCUT2D eigenvalue weighted by Crippen LogP contribution is -2.12. The summed E-state index contributed by atoms with van der Waals surface area (Å²) in [6.07, 6.45) is 3.05. The summed E-state index contributed by atoms with van der Waals surface area (Å²) in [4.78, 5) is 28.3. The van der Waals surface area contributed by atoms with Crippen LogP contribution in [0.15, 0.2) is 24.7 Å². The number of rotatable bonds is 4. The molecule has 1 aromatic heterocycles. The first-order valence-electron chi connectivity index (χ1n) is 6.50. The number of carbonyl (C=O) groups is 2. The van der Waals surface area contributed by atoms with Gasteiger partial charge in [-0.15, -0.1) is 0 Å². The molecule has 0 spiro atoms. The highest BCUT2D eigenvalue weighted by atomic mass is 16.1. The van der Waals surface area contributed by atoms with Gasteiger partial charge in [0, 0.05) is 18.8 Å². The number of Topliss-reactive ketones (excluding diaryl/α,β-unsaturated/α-hetero) is 2. The van der Waals surface area contributed by atoms with E-state index in [1.54, 1.807) is 24.1 Å². The van der Waals surface area contributed by atoms with Crippen LogP contribution in [-0.4, -0.2) is 21.1 Å². The van der Waals surface area contributed by atoms with Crippen molar-refractivity contribution in [3.05, 3.63) is 52.6 Å². The molecule has 1 aromatic carbocycles. The van der Waals surface area contributed by atoms with Crippen molar-refractivity contribution in [2.75, 3.05) is 0 Å². The molecule has 0 saturated carbocycles. The fourth-order valence-electron chi connectivity index (χ4n) is 2.50. The molecule has 0 fully saturated rings. The molecule has 2 aromatic rings. The van der Waals surface area contributed by atoms with Crippen molar-refractivity contribution in [1.82, 2.24) is 9.55 Å². The van der Waals surface area contributed by atoms with Crippen molar-refractivity contribution in [1.29, 1.82) is 0 Å². The Bertz CT molecular complexity index is 661. The van der Waals surface area contributed by atoms with Gasteiger partial charge in [-0.25, -0.2) is 4.98 Å². The van der Waals surface area contributed by atoms with E-state index in [2.05, 4.69) is 4.98 Å². The second-order valence-corrected chi connectivity index (χ2v) is 5.22. The number of nitrogens with zero attached hydrogens (tertiary/aromatic N) is 2. The standard InChI is InChI=1S/C16H18N2O2/c1-10-5-11(2)16(12(3)6-10)15(20)7-14(19)13-8-18(4)9-17-13/h5-6,8-9H,7H2,1-4H3. The van der Waals surface area contributed by atoms with Gasteiger partial charge in [-0.2, -0.15) is 0 Å². The van der Waals surface area contributed by atoms with E-state index in [0.717, 1.165) is 16.7 Å². The molecule has 0 aliphatic rings. The van der Waals surface area contributed by atoms with Crippen LogP contribution in [0.25, 0.3) is 0 Å². The highest BCUT2D eigenvalue weighted by molar-refractivity contribution is 6.13. The predicted molar refractivity (Wildman–Crippen MR) is 77.1 cm³/mol. The van der Waals surface area contributed by atoms with Crippen LogP contribution in [0.1, 0.15) is 44.0 Å². The molecule has 1 heterocycles. The Kier molecular flexibility index (Phi) is 3.84. The van der Waals surface area contributed by atoms with Gasteiger partial charge < -0.3 is 4.57 Å². The van der Waals surface area contributed by atoms with E-state index in [1.807, 2.05) is 32.9 Å². The first kappa shape index (κ1) is 14.2. The number of hydrogen-bond acceptors (Lipinski definition) is 3. The summed E-state index contributed by atoms with van der Waals surface area (Å²) >= 11 is 0. The number of hydrogen-bond donors (Lipinski definition) is 0. The molecule has 104 valence electrons. The average molecular weight is 270 g/mol. The highest BCUT2D eigenvalue weighted by Crippen LogP contribution is 2.19. The molecule has 4 heteroatoms. The van der Waals surface area contributed by atoms with E-state index in [4.69, 9.17) is 0 Å². The number of benzene rings is 1. The SMILES string of the molecule is Cc1cc(C)c(C(=O)CC(=O)c2cn(C)cn2)c(C)c1. The zero-order chi connectivity index (χ0) is 14.9. The van der Waals surface area contributed by atoms with Crippen LogP contribution in [0.4, 0.5) is 0 Å². The third-order valence-electron chi connectivity index (χ3n) is 3.27. The Morgan fingerprint density at radius 3 is 2.20 bits per heavy atom. The van der Waals surface area contributed by atoms with E-state index in [0.29, 0.717) is 11.3 Å². The molecule has 0 N–H and O–H groups in total. The first-order valence-corrected chi connectivity index (χ1v) is 6.50. The molecule has 20 heavy (non-hydrogen) atoms. The summed E-state index contributed by atoms with van der Waals surface area (Å²) in [6.45, 7) is 5.80. The lowest BCUT2D eigenvalue weighted by molar-refractivity contribution is 0.0891. The summed E-state index contributed by atoms with van der Waals surface area (Å²) in [6, 6.07) is 3.93. The fraction of sp³-hybridized carbons (Fsp3) is 0.312. The van der Waals surface area contributed by atoms with E-state index < -0.39 is 0 Å². The van der Waals surface area contributed by atoms with Gasteiger partial charge >= 0.3 is 0 Å². The normalized spacial score (nSPS) is 10.6. The second-order valence-electron chi connectivity index (χ2n) is 5.22. The zero-order valence-corrected chi connectivity index (χ0v) is 12.2. The van der Waals surface area contributed by atoms with Crippen LogP contribution in [0.5, 0.6) is 0 Å². The zero-order valence-electron chi connectivity index (χ0n) is 12.2. The second kappa shape index (κ2) is 5.41. The van der Waals surface area contributed by atoms with E-state index in [1.165, 1.54) is 0 Å². The third kappa shape index (κ3) is 2.85. The molecular formula is C16H18N2O2.